The molecule has 0 spiro atoms. The van der Waals surface area contributed by atoms with E-state index < -0.39 is 18.2 Å². The number of hydrogen-bond donors (Lipinski definition) is 1. The smallest absolute Gasteiger partial charge is 0.188 e. The van der Waals surface area contributed by atoms with E-state index in [0.29, 0.717) is 13.0 Å². The fourth-order valence-electron chi connectivity index (χ4n) is 3.88. The van der Waals surface area contributed by atoms with Gasteiger partial charge in [-0.15, -0.1) is 23.5 Å². The number of ether oxygens (including phenoxy) is 4. The predicted octanol–water partition coefficient (Wildman–Crippen LogP) is 3.18. The summed E-state index contributed by atoms with van der Waals surface area (Å²) in [4.78, 5) is 0. The molecule has 3 heterocycles. The van der Waals surface area contributed by atoms with E-state index >= 15 is 0 Å². The van der Waals surface area contributed by atoms with Gasteiger partial charge in [-0.3, -0.25) is 0 Å². The van der Waals surface area contributed by atoms with Gasteiger partial charge in [-0.2, -0.15) is 0 Å². The SMILES string of the molecule is CO[C@H]1O[C@@H]2COC(c3ccccc3)O[C@H]2C[C@]1(O)C1(C)SCCCS1. The Kier molecular flexibility index (Phi) is 5.59. The van der Waals surface area contributed by atoms with Crippen molar-refractivity contribution < 1.29 is 24.1 Å². The molecule has 1 unspecified atom stereocenters. The van der Waals surface area contributed by atoms with Crippen LogP contribution in [0.2, 0.25) is 0 Å². The highest BCUT2D eigenvalue weighted by atomic mass is 32.2. The maximum atomic E-state index is 11.7. The van der Waals surface area contributed by atoms with Crippen LogP contribution in [0.25, 0.3) is 0 Å². The second-order valence-corrected chi connectivity index (χ2v) is 10.4. The molecule has 0 amide bonds. The summed E-state index contributed by atoms with van der Waals surface area (Å²) in [5, 5.41) is 11.7. The van der Waals surface area contributed by atoms with Gasteiger partial charge in [0.25, 0.3) is 0 Å². The maximum absolute atomic E-state index is 11.7. The quantitative estimate of drug-likeness (QED) is 0.839. The van der Waals surface area contributed by atoms with Crippen LogP contribution in [0.1, 0.15) is 31.6 Å². The first-order chi connectivity index (χ1) is 12.6. The number of rotatable bonds is 3. The van der Waals surface area contributed by atoms with Gasteiger partial charge < -0.3 is 24.1 Å². The van der Waals surface area contributed by atoms with Gasteiger partial charge in [-0.1, -0.05) is 30.3 Å². The molecule has 3 fully saturated rings. The third-order valence-corrected chi connectivity index (χ3v) is 8.94. The molecule has 5 nitrogen and oxygen atoms in total. The molecule has 0 radical (unpaired) electrons. The van der Waals surface area contributed by atoms with Crippen molar-refractivity contribution in [3.05, 3.63) is 35.9 Å². The zero-order valence-corrected chi connectivity index (χ0v) is 16.8. The van der Waals surface area contributed by atoms with Gasteiger partial charge in [0, 0.05) is 19.1 Å². The lowest BCUT2D eigenvalue weighted by Crippen LogP contribution is -2.67. The molecule has 26 heavy (non-hydrogen) atoms. The van der Waals surface area contributed by atoms with Gasteiger partial charge in [-0.25, -0.2) is 0 Å². The zero-order valence-electron chi connectivity index (χ0n) is 15.1. The Balaban J connectivity index is 1.56. The van der Waals surface area contributed by atoms with Crippen LogP contribution in [-0.4, -0.2) is 58.5 Å². The minimum atomic E-state index is -1.13. The van der Waals surface area contributed by atoms with E-state index in [1.54, 1.807) is 30.6 Å². The molecule has 0 bridgehead atoms. The predicted molar refractivity (Wildman–Crippen MR) is 103 cm³/mol. The van der Waals surface area contributed by atoms with E-state index in [9.17, 15) is 5.11 Å². The lowest BCUT2D eigenvalue weighted by Gasteiger charge is -2.55. The van der Waals surface area contributed by atoms with Crippen molar-refractivity contribution in [1.82, 2.24) is 0 Å². The topological polar surface area (TPSA) is 57.2 Å². The molecule has 3 aliphatic rings. The Morgan fingerprint density at radius 3 is 2.54 bits per heavy atom. The number of methoxy groups -OCH3 is 1. The van der Waals surface area contributed by atoms with Gasteiger partial charge in [0.1, 0.15) is 11.7 Å². The summed E-state index contributed by atoms with van der Waals surface area (Å²) in [5.41, 5.74) is -0.145. The number of thioether (sulfide) groups is 2. The van der Waals surface area contributed by atoms with Crippen LogP contribution in [0, 0.1) is 0 Å². The third-order valence-electron chi connectivity index (χ3n) is 5.44. The molecular formula is C19H26O5S2. The van der Waals surface area contributed by atoms with E-state index in [1.807, 2.05) is 30.3 Å². The highest BCUT2D eigenvalue weighted by Gasteiger charge is 2.61. The fraction of sp³-hybridized carbons (Fsp3) is 0.684. The van der Waals surface area contributed by atoms with Crippen molar-refractivity contribution in [3.63, 3.8) is 0 Å². The summed E-state index contributed by atoms with van der Waals surface area (Å²) >= 11 is 3.59. The van der Waals surface area contributed by atoms with Gasteiger partial charge in [0.05, 0.1) is 16.8 Å². The molecule has 5 atom stereocenters. The van der Waals surface area contributed by atoms with Crippen LogP contribution >= 0.6 is 23.5 Å². The Morgan fingerprint density at radius 1 is 1.12 bits per heavy atom. The Morgan fingerprint density at radius 2 is 1.85 bits per heavy atom. The lowest BCUT2D eigenvalue weighted by atomic mass is 9.86. The van der Waals surface area contributed by atoms with E-state index in [4.69, 9.17) is 18.9 Å². The highest BCUT2D eigenvalue weighted by molar-refractivity contribution is 8.18. The first-order valence-corrected chi connectivity index (χ1v) is 11.0. The molecule has 144 valence electrons. The summed E-state index contributed by atoms with van der Waals surface area (Å²) in [6.07, 6.45) is 0.0506. The molecule has 0 aliphatic carbocycles. The van der Waals surface area contributed by atoms with Crippen LogP contribution in [0.4, 0.5) is 0 Å². The molecule has 3 saturated heterocycles. The summed E-state index contributed by atoms with van der Waals surface area (Å²) in [6, 6.07) is 9.90. The van der Waals surface area contributed by atoms with Gasteiger partial charge in [-0.05, 0) is 24.9 Å². The highest BCUT2D eigenvalue weighted by Crippen LogP contribution is 2.55. The molecule has 7 heteroatoms. The van der Waals surface area contributed by atoms with Crippen molar-refractivity contribution >= 4 is 23.5 Å². The standard InChI is InChI=1S/C19H26O5S2/c1-18(25-9-6-10-26-18)19(20)11-14-15(24-17(19)21-2)12-22-16(23-14)13-7-4-3-5-8-13/h3-5,7-8,14-17,20H,6,9-12H2,1-2H3/t14-,15+,16?,17-,19+/m0/s1. The molecule has 0 saturated carbocycles. The third kappa shape index (κ3) is 3.32. The first kappa shape index (κ1) is 19.1. The number of benzene rings is 1. The van der Waals surface area contributed by atoms with Crippen LogP contribution in [0.5, 0.6) is 0 Å². The monoisotopic (exact) mass is 398 g/mol. The minimum Gasteiger partial charge on any atom is -0.382 e. The van der Waals surface area contributed by atoms with Crippen molar-refractivity contribution in [3.8, 4) is 0 Å². The Hall–Kier alpha value is -0.280. The van der Waals surface area contributed by atoms with Gasteiger partial charge in [0.2, 0.25) is 0 Å². The molecule has 1 N–H and O–H groups in total. The van der Waals surface area contributed by atoms with E-state index in [2.05, 4.69) is 6.92 Å². The Bertz CT molecular complexity index is 609. The normalized spacial score (nSPS) is 40.0. The van der Waals surface area contributed by atoms with Crippen LogP contribution in [-0.2, 0) is 18.9 Å². The maximum Gasteiger partial charge on any atom is 0.188 e. The second-order valence-electron chi connectivity index (χ2n) is 7.12. The molecule has 4 rings (SSSR count). The Labute approximate surface area is 163 Å². The van der Waals surface area contributed by atoms with Crippen LogP contribution in [0.15, 0.2) is 30.3 Å². The molecule has 3 aliphatic heterocycles. The van der Waals surface area contributed by atoms with Crippen LogP contribution in [0.3, 0.4) is 0 Å². The van der Waals surface area contributed by atoms with Gasteiger partial charge >= 0.3 is 0 Å². The van der Waals surface area contributed by atoms with Crippen molar-refractivity contribution in [2.45, 2.75) is 54.2 Å². The van der Waals surface area contributed by atoms with Crippen molar-refractivity contribution in [2.24, 2.45) is 0 Å². The van der Waals surface area contributed by atoms with E-state index in [1.165, 1.54) is 0 Å². The number of hydrogen-bond acceptors (Lipinski definition) is 7. The summed E-state index contributed by atoms with van der Waals surface area (Å²) in [5.74, 6) is 2.07. The summed E-state index contributed by atoms with van der Waals surface area (Å²) in [6.45, 7) is 2.53. The average Bonchev–Trinajstić information content (AvgIpc) is 2.68. The average molecular weight is 399 g/mol. The number of fused-ring (bicyclic) bond motifs is 1. The number of aliphatic hydroxyl groups is 1. The largest absolute Gasteiger partial charge is 0.382 e. The minimum absolute atomic E-state index is 0.231. The summed E-state index contributed by atoms with van der Waals surface area (Å²) < 4.78 is 23.4. The van der Waals surface area contributed by atoms with E-state index in [0.717, 1.165) is 23.5 Å². The zero-order chi connectivity index (χ0) is 18.2. The van der Waals surface area contributed by atoms with Crippen LogP contribution < -0.4 is 0 Å². The summed E-state index contributed by atoms with van der Waals surface area (Å²) in [7, 11) is 1.59. The van der Waals surface area contributed by atoms with Gasteiger partial charge in [0.15, 0.2) is 12.6 Å². The fourth-order valence-corrected chi connectivity index (χ4v) is 7.11. The molecular weight excluding hydrogens is 372 g/mol. The first-order valence-electron chi connectivity index (χ1n) is 9.06. The lowest BCUT2D eigenvalue weighted by molar-refractivity contribution is -0.356. The molecule has 0 aromatic heterocycles. The molecule has 1 aromatic carbocycles. The van der Waals surface area contributed by atoms with E-state index in [-0.39, 0.29) is 16.3 Å². The molecule has 1 aromatic rings. The van der Waals surface area contributed by atoms with Crippen molar-refractivity contribution in [1.29, 1.82) is 0 Å². The van der Waals surface area contributed by atoms with Crippen molar-refractivity contribution in [2.75, 3.05) is 25.2 Å². The second kappa shape index (κ2) is 7.62.